The molecule has 0 saturated carbocycles. The molecule has 17 amide bonds. The molecule has 41 heteroatoms. The smallest absolute Gasteiger partial charge is 0.303 e. The van der Waals surface area contributed by atoms with Gasteiger partial charge in [0.05, 0.1) is 26.2 Å². The van der Waals surface area contributed by atoms with E-state index in [1.165, 1.54) is 14.0 Å². The molecule has 40 nitrogen and oxygen atoms in total. The predicted molar refractivity (Wildman–Crippen MR) is 446 cm³/mol. The lowest BCUT2D eigenvalue weighted by Crippen LogP contribution is -2.65. The van der Waals surface area contributed by atoms with Gasteiger partial charge in [-0.25, -0.2) is 0 Å². The van der Waals surface area contributed by atoms with Crippen LogP contribution in [0.2, 0.25) is 0 Å². The van der Waals surface area contributed by atoms with Gasteiger partial charge in [0.25, 0.3) is 0 Å². The van der Waals surface area contributed by atoms with E-state index < -0.39 is 248 Å². The number of amides is 17. The molecule has 1 aliphatic rings. The molecule has 5 aromatic rings. The van der Waals surface area contributed by atoms with Gasteiger partial charge in [-0.1, -0.05) is 86.6 Å². The zero-order valence-corrected chi connectivity index (χ0v) is 69.4. The minimum atomic E-state index is -2.10. The Morgan fingerprint density at radius 1 is 0.607 bits per heavy atom. The summed E-state index contributed by atoms with van der Waals surface area (Å²) in [6.07, 6.45) is -5.13. The van der Waals surface area contributed by atoms with E-state index in [9.17, 15) is 67.7 Å². The first-order chi connectivity index (χ1) is 57.8. The van der Waals surface area contributed by atoms with Crippen LogP contribution in [0.1, 0.15) is 128 Å². The molecule has 0 spiro atoms. The summed E-state index contributed by atoms with van der Waals surface area (Å²) in [5.74, 6) is -19.8. The summed E-state index contributed by atoms with van der Waals surface area (Å²) in [4.78, 5) is 254. The van der Waals surface area contributed by atoms with Crippen molar-refractivity contribution in [2.45, 2.75) is 209 Å². The highest BCUT2D eigenvalue weighted by atomic mass is 32.2. The van der Waals surface area contributed by atoms with Crippen molar-refractivity contribution < 1.29 is 101 Å². The number of carboxylic acid groups (broad SMARTS) is 1. The van der Waals surface area contributed by atoms with Crippen molar-refractivity contribution in [2.24, 2.45) is 34.6 Å². The van der Waals surface area contributed by atoms with Crippen molar-refractivity contribution in [1.82, 2.24) is 74.1 Å². The molecule has 0 radical (unpaired) electrons. The largest absolute Gasteiger partial charge is 0.497 e. The highest BCUT2D eigenvalue weighted by molar-refractivity contribution is 7.99. The lowest BCUT2D eigenvalue weighted by Gasteiger charge is -2.35. The maximum atomic E-state index is 15.7. The Balaban J connectivity index is 1.42. The predicted octanol–water partition coefficient (Wildman–Crippen LogP) is -3.85. The summed E-state index contributed by atoms with van der Waals surface area (Å²) in [5, 5.41) is 55.8. The van der Waals surface area contributed by atoms with Crippen LogP contribution < -0.4 is 103 Å². The number of aromatic amines is 1. The molecule has 662 valence electrons. The number of hydrogen-bond donors (Lipinski definition) is 21. The molecular weight excluding hydrogens is 1610 g/mol. The number of rotatable bonds is 41. The van der Waals surface area contributed by atoms with Crippen molar-refractivity contribution in [3.05, 3.63) is 114 Å². The van der Waals surface area contributed by atoms with Crippen LogP contribution in [0, 0.1) is 5.92 Å². The van der Waals surface area contributed by atoms with Crippen LogP contribution in [0.4, 0.5) is 0 Å². The van der Waals surface area contributed by atoms with Crippen LogP contribution in [-0.4, -0.2) is 231 Å². The van der Waals surface area contributed by atoms with Crippen molar-refractivity contribution in [1.29, 1.82) is 0 Å². The lowest BCUT2D eigenvalue weighted by molar-refractivity contribution is -0.140. The van der Waals surface area contributed by atoms with E-state index in [1.54, 1.807) is 105 Å². The van der Waals surface area contributed by atoms with Gasteiger partial charge >= 0.3 is 5.97 Å². The first-order valence-corrected chi connectivity index (χ1v) is 40.8. The van der Waals surface area contributed by atoms with Crippen LogP contribution in [0.3, 0.4) is 0 Å². The summed E-state index contributed by atoms with van der Waals surface area (Å²) in [6.45, 7) is 6.37. The number of carbonyl (C=O) groups is 18. The molecule has 0 bridgehead atoms. The number of aromatic nitrogens is 1. The number of H-pyrrole nitrogens is 1. The number of aliphatic carboxylic acids is 1. The van der Waals surface area contributed by atoms with E-state index >= 15 is 28.8 Å². The number of carbonyl (C=O) groups excluding carboxylic acids is 17. The number of aliphatic hydroxyl groups excluding tert-OH is 1. The average Bonchev–Trinajstić information content (AvgIpc) is 0.907. The average molecular weight is 1720 g/mol. The van der Waals surface area contributed by atoms with Gasteiger partial charge in [-0.3, -0.25) is 86.3 Å². The summed E-state index contributed by atoms with van der Waals surface area (Å²) < 4.78 is 5.41. The number of methoxy groups -OCH3 is 1. The minimum Gasteiger partial charge on any atom is -0.497 e. The van der Waals surface area contributed by atoms with E-state index in [1.807, 2.05) is 6.07 Å². The van der Waals surface area contributed by atoms with Crippen molar-refractivity contribution in [3.63, 3.8) is 0 Å². The van der Waals surface area contributed by atoms with Crippen molar-refractivity contribution in [2.75, 3.05) is 31.7 Å². The number of para-hydroxylation sites is 1. The highest BCUT2D eigenvalue weighted by Crippen LogP contribution is 2.24. The number of ether oxygens (including phenoxy) is 1. The quantitative estimate of drug-likeness (QED) is 0.0167. The maximum absolute atomic E-state index is 15.7. The number of nitrogens with one attached hydrogen (secondary N) is 14. The molecule has 4 aromatic carbocycles. The van der Waals surface area contributed by atoms with Gasteiger partial charge in [0.1, 0.15) is 77.7 Å². The van der Waals surface area contributed by atoms with Crippen LogP contribution in [-0.2, 0) is 106 Å². The third kappa shape index (κ3) is 31.7. The van der Waals surface area contributed by atoms with E-state index in [2.05, 4.69) is 74.1 Å². The zero-order chi connectivity index (χ0) is 90.1. The van der Waals surface area contributed by atoms with Gasteiger partial charge in [0.2, 0.25) is 100 Å². The Labute approximate surface area is 706 Å². The van der Waals surface area contributed by atoms with Crippen LogP contribution in [0.5, 0.6) is 5.75 Å². The van der Waals surface area contributed by atoms with Crippen LogP contribution in [0.25, 0.3) is 21.7 Å². The molecule has 0 unspecified atom stereocenters. The third-order valence-electron chi connectivity index (χ3n) is 19.8. The normalized spacial score (nSPS) is 18.8. The standard InChI is InChI=1S/C81H111N19O21S/c1-42(2)38-81(5,80(120)98-56(26-29-67(107)108)72(112)95-61(37-65(85)105)70(110)88-40-66(106)90-53(69(86)109)17-11-12-31-82)100-78(118)59(35-46-18-21-47-13-7-8-14-48(47)33-46)94-75(115)58(34-45-19-22-50(121-6)23-20-45)93-77(117)62-41-122-32-30-57(89-44(4)102)73(113)91-55(25-28-64(84)104)74(114)99-68(43(3)101)79(119)96-60(36-49-39-87-52-16-10-9-15-51(49)52)76(116)92-54(71(111)97-62)24-27-63(83)103/h7-10,13-16,18-23,33,39,42-43,53-62,68,87,101H,11-12,17,24-32,34-38,40-41,82H2,1-6H3,(H2,83,103)(H2,84,104)(H2,85,105)(H2,86,109)(H,88,110)(H,89,102)(H,90,106)(H,91,113)(H,92,116)(H,93,117)(H,94,115)(H,95,112)(H,96,119)(H,97,111)(H,98,120)(H,99,114)(H,100,118)(H,107,108)/t43-,53-,54+,55+,56+,57+,58+,59+,60+,61+,62+,68+,81+/m1/s1. The number of fused-ring (bicyclic) bond motifs is 2. The second-order valence-corrected chi connectivity index (χ2v) is 31.5. The monoisotopic (exact) mass is 1720 g/mol. The Kier molecular flexibility index (Phi) is 38.5. The number of benzene rings is 4. The molecule has 1 aromatic heterocycles. The third-order valence-corrected chi connectivity index (χ3v) is 20.9. The molecule has 2 heterocycles. The molecule has 1 aliphatic heterocycles. The number of hydrogen-bond acceptors (Lipinski definition) is 22. The van der Waals surface area contributed by atoms with Gasteiger partial charge in [0.15, 0.2) is 0 Å². The molecule has 122 heavy (non-hydrogen) atoms. The van der Waals surface area contributed by atoms with E-state index in [4.69, 9.17) is 33.4 Å². The van der Waals surface area contributed by atoms with E-state index in [0.29, 0.717) is 58.1 Å². The Bertz CT molecular complexity index is 4600. The molecule has 1 saturated heterocycles. The number of aliphatic hydroxyl groups is 1. The topological polar surface area (TPSA) is 659 Å². The fraction of sp³-hybridized carbons (Fsp3) is 0.481. The van der Waals surface area contributed by atoms with Crippen LogP contribution in [0.15, 0.2) is 97.2 Å². The lowest BCUT2D eigenvalue weighted by atomic mass is 9.88. The SMILES string of the molecule is COc1ccc(C[C@H](NC(=O)[C@@H]2CSCC[C@H](NC(C)=O)C(=O)N[C@@H](CCC(N)=O)C(=O)N[C@@H]([C@@H](C)O)C(=O)N[C@@H](Cc3c[nH]c4ccccc34)C(=O)N[C@@H](CCC(N)=O)C(=O)N2)C(=O)N[C@@H](Cc2ccc3ccccc3c2)C(=O)N[C@@](C)(CC(C)C)C(=O)N[C@@H](CCC(=O)O)C(=O)N[C@@H](CC(N)=O)C(=O)NCC(=O)N[C@H](CCCCN)C(N)=O)cc1. The Hall–Kier alpha value is -12.8. The fourth-order valence-corrected chi connectivity index (χ4v) is 14.5. The Morgan fingerprint density at radius 2 is 1.20 bits per heavy atom. The summed E-state index contributed by atoms with van der Waals surface area (Å²) >= 11 is 0.915. The van der Waals surface area contributed by atoms with Crippen LogP contribution >= 0.6 is 11.8 Å². The molecule has 6 rings (SSSR count). The number of carboxylic acids is 1. The highest BCUT2D eigenvalue weighted by Gasteiger charge is 2.43. The number of nitrogens with two attached hydrogens (primary N) is 5. The van der Waals surface area contributed by atoms with Crippen molar-refractivity contribution >= 4 is 140 Å². The summed E-state index contributed by atoms with van der Waals surface area (Å²) in [5.41, 5.74) is 27.4. The number of unbranched alkanes of at least 4 members (excludes halogenated alkanes) is 1. The summed E-state index contributed by atoms with van der Waals surface area (Å²) in [6, 6.07) is 6.82. The molecular formula is C81H111N19O21S. The molecule has 0 aliphatic carbocycles. The molecule has 1 fully saturated rings. The molecule has 26 N–H and O–H groups in total. The van der Waals surface area contributed by atoms with Gasteiger partial charge in [0, 0.05) is 68.3 Å². The van der Waals surface area contributed by atoms with Gasteiger partial charge in [-0.05, 0) is 129 Å². The minimum absolute atomic E-state index is 0.117. The second kappa shape index (κ2) is 47.9. The first-order valence-electron chi connectivity index (χ1n) is 39.6. The van der Waals surface area contributed by atoms with Gasteiger partial charge in [-0.15, -0.1) is 0 Å². The number of thioether (sulfide) groups is 1. The fourth-order valence-electron chi connectivity index (χ4n) is 13.5. The molecule has 13 atom stereocenters. The van der Waals surface area contributed by atoms with E-state index in [-0.39, 0.29) is 44.3 Å². The number of primary amides is 4. The first kappa shape index (κ1) is 98.0. The van der Waals surface area contributed by atoms with Gasteiger partial charge in [-0.2, -0.15) is 11.8 Å². The van der Waals surface area contributed by atoms with Gasteiger partial charge < -0.3 is 118 Å². The maximum Gasteiger partial charge on any atom is 0.303 e. The second-order valence-electron chi connectivity index (χ2n) is 30.4. The van der Waals surface area contributed by atoms with E-state index in [0.717, 1.165) is 31.0 Å². The summed E-state index contributed by atoms with van der Waals surface area (Å²) in [7, 11) is 1.40. The zero-order valence-electron chi connectivity index (χ0n) is 68.6. The Morgan fingerprint density at radius 3 is 1.81 bits per heavy atom. The van der Waals surface area contributed by atoms with Crippen molar-refractivity contribution in [3.8, 4) is 5.75 Å².